The molecule has 47 heavy (non-hydrogen) atoms. The topological polar surface area (TPSA) is 216 Å². The molecule has 0 unspecified atom stereocenters. The van der Waals surface area contributed by atoms with E-state index in [2.05, 4.69) is 20.4 Å². The Kier molecular flexibility index (Phi) is 12.1. The first kappa shape index (κ1) is 36.4. The summed E-state index contributed by atoms with van der Waals surface area (Å²) in [5.74, 6) is -3.41. The standard InChI is InChI=1S/C27H24N6O9S4.Na/c1-11(34)41-17-5-4-13(6-18(17)42-12(2)35)15-9-46-27(30-15)45-8-14-7-43-24-20(23(37)33(24)21(14)25(38)39)31-22(36)19(32-40-3)16-10-44-26(28)29-16;/h4-6,9-10,20,24H,7-8H2,1-3H3,(H2,28,29)(H,31,36)(H,38,39);/q;+1/p-1/b32-19-;/t20-,24-;/m1./s1. The van der Waals surface area contributed by atoms with Crippen LogP contribution in [0.3, 0.4) is 0 Å². The maximum atomic E-state index is 13.1. The SMILES string of the molecule is CO/N=C(\C(=O)N[C@@H]1C(=O)N2C(C(=O)[O-])=C(CSc3nc(-c4ccc(OC(C)=O)c(OC(C)=O)c4)cs3)CS[C@H]12)c1csc(N)n1.[Na+]. The van der Waals surface area contributed by atoms with E-state index in [1.54, 1.807) is 11.4 Å². The minimum atomic E-state index is -1.51. The van der Waals surface area contributed by atoms with Crippen molar-refractivity contribution in [2.75, 3.05) is 24.3 Å². The van der Waals surface area contributed by atoms with Crippen LogP contribution in [0.15, 0.2) is 49.7 Å². The molecule has 4 heterocycles. The van der Waals surface area contributed by atoms with E-state index in [1.807, 2.05) is 0 Å². The van der Waals surface area contributed by atoms with Gasteiger partial charge in [0.05, 0.1) is 17.4 Å². The summed E-state index contributed by atoms with van der Waals surface area (Å²) in [6.45, 7) is 2.45. The number of hydrogen-bond donors (Lipinski definition) is 2. The van der Waals surface area contributed by atoms with Gasteiger partial charge in [0.25, 0.3) is 11.8 Å². The molecule has 0 spiro atoms. The second kappa shape index (κ2) is 15.6. The number of aromatic nitrogens is 2. The number of thiazole rings is 2. The summed E-state index contributed by atoms with van der Waals surface area (Å²) in [6, 6.07) is 3.67. The minimum Gasteiger partial charge on any atom is -0.543 e. The molecule has 0 radical (unpaired) electrons. The average molecular weight is 727 g/mol. The monoisotopic (exact) mass is 726 g/mol. The van der Waals surface area contributed by atoms with Crippen LogP contribution in [0.2, 0.25) is 0 Å². The number of carboxylic acids is 1. The van der Waals surface area contributed by atoms with Crippen molar-refractivity contribution >= 4 is 86.8 Å². The zero-order valence-electron chi connectivity index (χ0n) is 25.1. The number of carboxylic acid groups (broad SMARTS) is 1. The van der Waals surface area contributed by atoms with Crippen LogP contribution in [-0.2, 0) is 28.8 Å². The van der Waals surface area contributed by atoms with Crippen LogP contribution >= 0.6 is 46.2 Å². The Balaban J connectivity index is 0.00000500. The number of ether oxygens (including phenoxy) is 2. The fourth-order valence-corrected chi connectivity index (χ4v) is 8.30. The molecule has 2 amide bonds. The summed E-state index contributed by atoms with van der Waals surface area (Å²) in [5.41, 5.74) is 7.02. The molecular formula is C27H23N6NaO9S4. The molecule has 3 aromatic rings. The molecule has 240 valence electrons. The van der Waals surface area contributed by atoms with Gasteiger partial charge in [-0.2, -0.15) is 0 Å². The van der Waals surface area contributed by atoms with Gasteiger partial charge in [0, 0.05) is 41.7 Å². The molecule has 1 fully saturated rings. The van der Waals surface area contributed by atoms with Crippen LogP contribution in [0.1, 0.15) is 19.5 Å². The van der Waals surface area contributed by atoms with Crippen LogP contribution in [0.5, 0.6) is 11.5 Å². The number of carbonyl (C=O) groups excluding carboxylic acids is 5. The van der Waals surface area contributed by atoms with Crippen LogP contribution in [0.4, 0.5) is 5.13 Å². The third-order valence-electron chi connectivity index (χ3n) is 6.29. The molecule has 0 saturated carbocycles. The Morgan fingerprint density at radius 2 is 1.85 bits per heavy atom. The summed E-state index contributed by atoms with van der Waals surface area (Å²) in [4.78, 5) is 75.8. The van der Waals surface area contributed by atoms with E-state index in [-0.39, 0.29) is 74.8 Å². The van der Waals surface area contributed by atoms with Crippen molar-refractivity contribution in [2.45, 2.75) is 29.6 Å². The van der Waals surface area contributed by atoms with Gasteiger partial charge in [-0.15, -0.1) is 34.4 Å². The Labute approximate surface area is 305 Å². The van der Waals surface area contributed by atoms with Crippen molar-refractivity contribution in [3.05, 3.63) is 45.9 Å². The second-order valence-corrected chi connectivity index (χ2v) is 13.5. The zero-order chi connectivity index (χ0) is 33.1. The number of anilines is 1. The molecule has 20 heteroatoms. The van der Waals surface area contributed by atoms with E-state index in [4.69, 9.17) is 20.0 Å². The summed E-state index contributed by atoms with van der Waals surface area (Å²) < 4.78 is 10.9. The van der Waals surface area contributed by atoms with Gasteiger partial charge in [0.15, 0.2) is 26.7 Å². The van der Waals surface area contributed by atoms with E-state index in [0.717, 1.165) is 16.2 Å². The van der Waals surface area contributed by atoms with Crippen LogP contribution in [0, 0.1) is 0 Å². The average Bonchev–Trinajstić information content (AvgIpc) is 3.66. The van der Waals surface area contributed by atoms with E-state index in [9.17, 15) is 29.1 Å². The number of hydrogen-bond acceptors (Lipinski definition) is 17. The first-order valence-electron chi connectivity index (χ1n) is 13.1. The van der Waals surface area contributed by atoms with Gasteiger partial charge in [-0.05, 0) is 23.8 Å². The van der Waals surface area contributed by atoms with Gasteiger partial charge in [0.1, 0.15) is 24.2 Å². The maximum Gasteiger partial charge on any atom is 1.00 e. The van der Waals surface area contributed by atoms with E-state index >= 15 is 0 Å². The number of oxime groups is 1. The molecule has 2 atom stereocenters. The Morgan fingerprint density at radius 1 is 1.13 bits per heavy atom. The smallest absolute Gasteiger partial charge is 0.543 e. The summed E-state index contributed by atoms with van der Waals surface area (Å²) >= 11 is 4.99. The van der Waals surface area contributed by atoms with Gasteiger partial charge in [-0.25, -0.2) is 9.97 Å². The molecule has 2 aliphatic rings. The minimum absolute atomic E-state index is 0. The first-order chi connectivity index (χ1) is 22.0. The molecule has 1 aromatic carbocycles. The molecule has 2 aromatic heterocycles. The summed E-state index contributed by atoms with van der Waals surface area (Å²) in [7, 11) is 1.25. The fraction of sp³-hybridized carbons (Fsp3) is 0.259. The molecule has 0 aliphatic carbocycles. The largest absolute Gasteiger partial charge is 1.00 e. The van der Waals surface area contributed by atoms with Gasteiger partial charge < -0.3 is 35.3 Å². The van der Waals surface area contributed by atoms with Crippen molar-refractivity contribution in [3.63, 3.8) is 0 Å². The van der Waals surface area contributed by atoms with Crippen molar-refractivity contribution in [2.24, 2.45) is 5.16 Å². The number of aliphatic carboxylic acids is 1. The van der Waals surface area contributed by atoms with Gasteiger partial charge in [0.2, 0.25) is 0 Å². The molecule has 3 N–H and O–H groups in total. The van der Waals surface area contributed by atoms with E-state index in [0.29, 0.717) is 21.2 Å². The molecule has 15 nitrogen and oxygen atoms in total. The maximum absolute atomic E-state index is 13.1. The number of fused-ring (bicyclic) bond motifs is 1. The number of esters is 2. The van der Waals surface area contributed by atoms with Crippen molar-refractivity contribution in [3.8, 4) is 22.8 Å². The number of carbonyl (C=O) groups is 5. The predicted octanol–water partition coefficient (Wildman–Crippen LogP) is -1.75. The van der Waals surface area contributed by atoms with Crippen LogP contribution in [-0.4, -0.2) is 80.3 Å². The normalized spacial score (nSPS) is 17.2. The number of β-lactam (4-membered cyclic amide) rings is 1. The second-order valence-electron chi connectivity index (χ2n) is 9.43. The third-order valence-corrected chi connectivity index (χ3v) is 10.4. The Morgan fingerprint density at radius 3 is 2.49 bits per heavy atom. The Bertz CT molecular complexity index is 1810. The number of nitrogen functional groups attached to an aromatic ring is 1. The third kappa shape index (κ3) is 8.16. The van der Waals surface area contributed by atoms with Gasteiger partial charge in [-0.3, -0.25) is 24.1 Å². The van der Waals surface area contributed by atoms with E-state index < -0.39 is 41.1 Å². The number of thioether (sulfide) groups is 2. The Hall–Kier alpha value is -3.46. The summed E-state index contributed by atoms with van der Waals surface area (Å²) in [6.07, 6.45) is 0. The van der Waals surface area contributed by atoms with E-state index in [1.165, 1.54) is 73.3 Å². The number of amides is 2. The number of benzene rings is 1. The van der Waals surface area contributed by atoms with Gasteiger partial charge in [-0.1, -0.05) is 16.9 Å². The number of nitrogens with two attached hydrogens (primary N) is 1. The van der Waals surface area contributed by atoms with Crippen molar-refractivity contribution < 1.29 is 72.9 Å². The van der Waals surface area contributed by atoms with Crippen LogP contribution in [0.25, 0.3) is 11.3 Å². The molecule has 5 rings (SSSR count). The molecular weight excluding hydrogens is 704 g/mol. The quantitative estimate of drug-likeness (QED) is 0.0427. The number of nitrogens with one attached hydrogen (secondary N) is 1. The fourth-order valence-electron chi connectivity index (χ4n) is 4.43. The number of nitrogens with zero attached hydrogens (tertiary/aromatic N) is 4. The number of rotatable bonds is 11. The van der Waals surface area contributed by atoms with Crippen molar-refractivity contribution in [1.29, 1.82) is 0 Å². The van der Waals surface area contributed by atoms with Crippen LogP contribution < -0.4 is 55.2 Å². The predicted molar refractivity (Wildman–Crippen MR) is 168 cm³/mol. The summed E-state index contributed by atoms with van der Waals surface area (Å²) in [5, 5.41) is 21.3. The zero-order valence-corrected chi connectivity index (χ0v) is 30.4. The molecule has 0 bridgehead atoms. The molecule has 2 aliphatic heterocycles. The molecule has 1 saturated heterocycles. The van der Waals surface area contributed by atoms with Gasteiger partial charge >= 0.3 is 41.5 Å². The first-order valence-corrected chi connectivity index (χ1v) is 16.9. The van der Waals surface area contributed by atoms with Crippen molar-refractivity contribution in [1.82, 2.24) is 20.2 Å².